The second-order valence-electron chi connectivity index (χ2n) is 4.84. The summed E-state index contributed by atoms with van der Waals surface area (Å²) in [6, 6.07) is 8.48. The summed E-state index contributed by atoms with van der Waals surface area (Å²) in [7, 11) is 0. The average molecular weight is 289 g/mol. The largest absolute Gasteiger partial charge is 0.481 e. The number of ether oxygens (including phenoxy) is 1. The van der Waals surface area contributed by atoms with E-state index in [0.717, 1.165) is 0 Å². The monoisotopic (exact) mass is 289 g/mol. The van der Waals surface area contributed by atoms with Crippen LogP contribution in [-0.2, 0) is 9.59 Å². The van der Waals surface area contributed by atoms with Gasteiger partial charge in [-0.15, -0.1) is 0 Å². The van der Waals surface area contributed by atoms with Crippen LogP contribution in [0.4, 0.5) is 0 Å². The van der Waals surface area contributed by atoms with Crippen molar-refractivity contribution in [3.05, 3.63) is 29.8 Å². The third-order valence-corrected chi connectivity index (χ3v) is 2.54. The van der Waals surface area contributed by atoms with E-state index < -0.39 is 6.10 Å². The van der Waals surface area contributed by atoms with Crippen LogP contribution in [0.25, 0.3) is 0 Å². The van der Waals surface area contributed by atoms with Gasteiger partial charge in [-0.25, -0.2) is 0 Å². The molecule has 6 heteroatoms. The van der Waals surface area contributed by atoms with Gasteiger partial charge in [-0.3, -0.25) is 9.59 Å². The van der Waals surface area contributed by atoms with Gasteiger partial charge in [0.2, 0.25) is 5.91 Å². The van der Waals surface area contributed by atoms with Crippen molar-refractivity contribution in [2.24, 2.45) is 0 Å². The van der Waals surface area contributed by atoms with E-state index in [4.69, 9.17) is 10.00 Å². The van der Waals surface area contributed by atoms with Crippen molar-refractivity contribution in [2.45, 2.75) is 32.9 Å². The highest BCUT2D eigenvalue weighted by molar-refractivity contribution is 5.86. The van der Waals surface area contributed by atoms with Gasteiger partial charge in [-0.2, -0.15) is 5.26 Å². The molecule has 0 fully saturated rings. The van der Waals surface area contributed by atoms with Crippen molar-refractivity contribution in [1.29, 1.82) is 5.26 Å². The summed E-state index contributed by atoms with van der Waals surface area (Å²) in [4.78, 5) is 23.2. The first-order valence-corrected chi connectivity index (χ1v) is 6.66. The lowest BCUT2D eigenvalue weighted by Gasteiger charge is -2.15. The quantitative estimate of drug-likeness (QED) is 0.816. The molecule has 2 N–H and O–H groups in total. The van der Waals surface area contributed by atoms with Crippen LogP contribution in [0.15, 0.2) is 24.3 Å². The molecule has 0 bridgehead atoms. The van der Waals surface area contributed by atoms with Crippen LogP contribution in [0.3, 0.4) is 0 Å². The van der Waals surface area contributed by atoms with Crippen LogP contribution in [0.1, 0.15) is 26.3 Å². The lowest BCUT2D eigenvalue weighted by Crippen LogP contribution is -2.43. The van der Waals surface area contributed by atoms with Gasteiger partial charge in [-0.05, 0) is 45.0 Å². The highest BCUT2D eigenvalue weighted by atomic mass is 16.5. The van der Waals surface area contributed by atoms with Crippen molar-refractivity contribution in [3.63, 3.8) is 0 Å². The molecule has 1 atom stereocenters. The SMILES string of the molecule is CC(C)NC(=O)CNC(=O)[C@@H](C)Oc1ccc(C#N)cc1. The van der Waals surface area contributed by atoms with Gasteiger partial charge in [0.15, 0.2) is 6.10 Å². The van der Waals surface area contributed by atoms with E-state index in [9.17, 15) is 9.59 Å². The summed E-state index contributed by atoms with van der Waals surface area (Å²) in [5, 5.41) is 13.9. The van der Waals surface area contributed by atoms with Crippen LogP contribution in [0.5, 0.6) is 5.75 Å². The first-order valence-electron chi connectivity index (χ1n) is 6.66. The standard InChI is InChI=1S/C15H19N3O3/c1-10(2)18-14(19)9-17-15(20)11(3)21-13-6-4-12(8-16)5-7-13/h4-7,10-11H,9H2,1-3H3,(H,17,20)(H,18,19)/t11-/m1/s1. The lowest BCUT2D eigenvalue weighted by atomic mass is 10.2. The van der Waals surface area contributed by atoms with Crippen molar-refractivity contribution in [2.75, 3.05) is 6.54 Å². The van der Waals surface area contributed by atoms with Gasteiger partial charge in [0, 0.05) is 6.04 Å². The highest BCUT2D eigenvalue weighted by Crippen LogP contribution is 2.13. The van der Waals surface area contributed by atoms with Crippen LogP contribution in [0, 0.1) is 11.3 Å². The summed E-state index contributed by atoms with van der Waals surface area (Å²) >= 11 is 0. The third kappa shape index (κ3) is 5.95. The fourth-order valence-corrected chi connectivity index (χ4v) is 1.55. The maximum absolute atomic E-state index is 11.8. The number of carbonyl (C=O) groups is 2. The Morgan fingerprint density at radius 1 is 1.24 bits per heavy atom. The van der Waals surface area contributed by atoms with Gasteiger partial charge >= 0.3 is 0 Å². The van der Waals surface area contributed by atoms with Crippen LogP contribution < -0.4 is 15.4 Å². The molecule has 0 aliphatic heterocycles. The number of hydrogen-bond acceptors (Lipinski definition) is 4. The predicted molar refractivity (Wildman–Crippen MR) is 77.5 cm³/mol. The predicted octanol–water partition coefficient (Wildman–Crippen LogP) is 0.966. The third-order valence-electron chi connectivity index (χ3n) is 2.54. The molecule has 0 spiro atoms. The normalized spacial score (nSPS) is 11.4. The molecule has 0 unspecified atom stereocenters. The molecular formula is C15H19N3O3. The number of nitrogens with zero attached hydrogens (tertiary/aromatic N) is 1. The van der Waals surface area contributed by atoms with Crippen LogP contribution >= 0.6 is 0 Å². The Labute approximate surface area is 124 Å². The second-order valence-corrected chi connectivity index (χ2v) is 4.84. The first kappa shape index (κ1) is 16.5. The summed E-state index contributed by atoms with van der Waals surface area (Å²) in [5.74, 6) is -0.134. The van der Waals surface area contributed by atoms with E-state index >= 15 is 0 Å². The van der Waals surface area contributed by atoms with E-state index in [1.54, 1.807) is 31.2 Å². The Hall–Kier alpha value is -2.55. The number of nitriles is 1. The minimum absolute atomic E-state index is 0.0294. The van der Waals surface area contributed by atoms with Crippen molar-refractivity contribution >= 4 is 11.8 Å². The Balaban J connectivity index is 2.43. The molecule has 1 aromatic rings. The fraction of sp³-hybridized carbons (Fsp3) is 0.400. The van der Waals surface area contributed by atoms with E-state index in [0.29, 0.717) is 11.3 Å². The zero-order valence-electron chi connectivity index (χ0n) is 12.3. The number of amides is 2. The molecule has 1 rings (SSSR count). The molecule has 0 aliphatic rings. The molecule has 6 nitrogen and oxygen atoms in total. The summed E-state index contributed by atoms with van der Waals surface area (Å²) in [5.41, 5.74) is 0.518. The maximum Gasteiger partial charge on any atom is 0.261 e. The molecule has 0 radical (unpaired) electrons. The van der Waals surface area contributed by atoms with Crippen molar-refractivity contribution in [3.8, 4) is 11.8 Å². The molecule has 2 amide bonds. The van der Waals surface area contributed by atoms with E-state index in [1.165, 1.54) is 0 Å². The Morgan fingerprint density at radius 3 is 2.38 bits per heavy atom. The molecule has 0 aliphatic carbocycles. The van der Waals surface area contributed by atoms with Gasteiger partial charge in [0.25, 0.3) is 5.91 Å². The molecule has 0 aromatic heterocycles. The summed E-state index contributed by atoms with van der Waals surface area (Å²) in [6.07, 6.45) is -0.732. The van der Waals surface area contributed by atoms with Gasteiger partial charge in [0.1, 0.15) is 5.75 Å². The topological polar surface area (TPSA) is 91.2 Å². The van der Waals surface area contributed by atoms with Crippen LogP contribution in [-0.4, -0.2) is 30.5 Å². The van der Waals surface area contributed by atoms with Gasteiger partial charge < -0.3 is 15.4 Å². The molecular weight excluding hydrogens is 270 g/mol. The molecule has 1 aromatic carbocycles. The van der Waals surface area contributed by atoms with Crippen LogP contribution in [0.2, 0.25) is 0 Å². The van der Waals surface area contributed by atoms with Crippen molar-refractivity contribution in [1.82, 2.24) is 10.6 Å². The van der Waals surface area contributed by atoms with Gasteiger partial charge in [0.05, 0.1) is 18.2 Å². The number of benzene rings is 1. The molecule has 21 heavy (non-hydrogen) atoms. The van der Waals surface area contributed by atoms with E-state index in [-0.39, 0.29) is 24.4 Å². The molecule has 112 valence electrons. The maximum atomic E-state index is 11.8. The van der Waals surface area contributed by atoms with E-state index in [2.05, 4.69) is 10.6 Å². The molecule has 0 saturated heterocycles. The highest BCUT2D eigenvalue weighted by Gasteiger charge is 2.15. The molecule has 0 saturated carbocycles. The number of carbonyl (C=O) groups excluding carboxylic acids is 2. The second kappa shape index (κ2) is 7.90. The van der Waals surface area contributed by atoms with Gasteiger partial charge in [-0.1, -0.05) is 0 Å². The minimum Gasteiger partial charge on any atom is -0.481 e. The Kier molecular flexibility index (Phi) is 6.21. The minimum atomic E-state index is -0.732. The lowest BCUT2D eigenvalue weighted by molar-refractivity contribution is -0.130. The number of rotatable bonds is 6. The smallest absolute Gasteiger partial charge is 0.261 e. The Bertz CT molecular complexity index is 532. The first-order chi connectivity index (χ1) is 9.92. The fourth-order valence-electron chi connectivity index (χ4n) is 1.55. The Morgan fingerprint density at radius 2 is 1.86 bits per heavy atom. The molecule has 0 heterocycles. The number of hydrogen-bond donors (Lipinski definition) is 2. The zero-order chi connectivity index (χ0) is 15.8. The summed E-state index contributed by atoms with van der Waals surface area (Å²) < 4.78 is 5.44. The number of nitrogens with one attached hydrogen (secondary N) is 2. The van der Waals surface area contributed by atoms with E-state index in [1.807, 2.05) is 19.9 Å². The zero-order valence-corrected chi connectivity index (χ0v) is 12.3. The summed E-state index contributed by atoms with van der Waals surface area (Å²) in [6.45, 7) is 5.19. The van der Waals surface area contributed by atoms with Crippen molar-refractivity contribution < 1.29 is 14.3 Å². The average Bonchev–Trinajstić information content (AvgIpc) is 2.44.